The number of rotatable bonds is 1. The van der Waals surface area contributed by atoms with Crippen LogP contribution in [0.4, 0.5) is 0 Å². The maximum atomic E-state index is 12.4. The number of likely N-dealkylation sites (tertiary alicyclic amines) is 1. The largest absolute Gasteiger partial charge is 0.336 e. The van der Waals surface area contributed by atoms with Crippen molar-refractivity contribution >= 4 is 33.4 Å². The molecule has 0 N–H and O–H groups in total. The number of carbonyl (C=O) groups excluding carboxylic acids is 1. The molecule has 4 heteroatoms. The molecule has 1 aliphatic heterocycles. The van der Waals surface area contributed by atoms with Crippen LogP contribution in [0.3, 0.4) is 0 Å². The molecular formula is C13H15BrClNO. The van der Waals surface area contributed by atoms with Crippen molar-refractivity contribution in [2.45, 2.75) is 26.3 Å². The lowest BCUT2D eigenvalue weighted by molar-refractivity contribution is 0.0744. The van der Waals surface area contributed by atoms with Crippen molar-refractivity contribution in [3.8, 4) is 0 Å². The Kier molecular flexibility index (Phi) is 3.79. The normalized spacial score (nSPS) is 24.1. The Labute approximate surface area is 115 Å². The summed E-state index contributed by atoms with van der Waals surface area (Å²) in [6, 6.07) is 5.69. The smallest absolute Gasteiger partial charge is 0.255 e. The number of halogens is 2. The maximum absolute atomic E-state index is 12.4. The van der Waals surface area contributed by atoms with Crippen LogP contribution in [0.2, 0.25) is 5.02 Å². The molecule has 1 amide bonds. The van der Waals surface area contributed by atoms with Gasteiger partial charge in [-0.3, -0.25) is 4.79 Å². The zero-order chi connectivity index (χ0) is 12.6. The lowest BCUT2D eigenvalue weighted by Gasteiger charge is -2.22. The second kappa shape index (κ2) is 4.99. The average Bonchev–Trinajstić information content (AvgIpc) is 2.60. The van der Waals surface area contributed by atoms with Crippen LogP contribution in [-0.2, 0) is 0 Å². The third-order valence-electron chi connectivity index (χ3n) is 3.20. The molecule has 0 radical (unpaired) electrons. The van der Waals surface area contributed by atoms with Crippen LogP contribution in [0.15, 0.2) is 22.7 Å². The summed E-state index contributed by atoms with van der Waals surface area (Å²) < 4.78 is 0.880. The summed E-state index contributed by atoms with van der Waals surface area (Å²) >= 11 is 9.46. The first-order valence-corrected chi connectivity index (χ1v) is 6.92. The van der Waals surface area contributed by atoms with Gasteiger partial charge in [-0.25, -0.2) is 0 Å². The zero-order valence-corrected chi connectivity index (χ0v) is 12.3. The van der Waals surface area contributed by atoms with Crippen molar-refractivity contribution in [1.82, 2.24) is 4.90 Å². The first-order chi connectivity index (χ1) is 7.99. The van der Waals surface area contributed by atoms with Crippen molar-refractivity contribution in [3.05, 3.63) is 33.3 Å². The summed E-state index contributed by atoms with van der Waals surface area (Å²) in [5, 5.41) is 0.518. The summed E-state index contributed by atoms with van der Waals surface area (Å²) in [6.45, 7) is 5.09. The van der Waals surface area contributed by atoms with E-state index in [0.717, 1.165) is 17.4 Å². The number of hydrogen-bond acceptors (Lipinski definition) is 1. The fraction of sp³-hybridized carbons (Fsp3) is 0.462. The molecule has 1 aromatic rings. The highest BCUT2D eigenvalue weighted by Gasteiger charge is 2.31. The maximum Gasteiger partial charge on any atom is 0.255 e. The van der Waals surface area contributed by atoms with Crippen molar-refractivity contribution in [2.24, 2.45) is 5.92 Å². The van der Waals surface area contributed by atoms with Crippen LogP contribution in [0.25, 0.3) is 0 Å². The van der Waals surface area contributed by atoms with Gasteiger partial charge in [0, 0.05) is 17.1 Å². The molecule has 1 aromatic carbocycles. The van der Waals surface area contributed by atoms with Gasteiger partial charge >= 0.3 is 0 Å². The third-order valence-corrected chi connectivity index (χ3v) is 4.03. The molecule has 92 valence electrons. The van der Waals surface area contributed by atoms with Gasteiger partial charge in [0.2, 0.25) is 0 Å². The summed E-state index contributed by atoms with van der Waals surface area (Å²) in [4.78, 5) is 14.3. The quantitative estimate of drug-likeness (QED) is 0.767. The molecule has 0 saturated carbocycles. The van der Waals surface area contributed by atoms with Crippen LogP contribution in [0, 0.1) is 5.92 Å². The molecule has 1 heterocycles. The van der Waals surface area contributed by atoms with E-state index in [-0.39, 0.29) is 5.91 Å². The Morgan fingerprint density at radius 1 is 1.47 bits per heavy atom. The van der Waals surface area contributed by atoms with E-state index in [1.807, 2.05) is 11.0 Å². The first-order valence-electron chi connectivity index (χ1n) is 5.75. The van der Waals surface area contributed by atoms with Crippen molar-refractivity contribution < 1.29 is 4.79 Å². The van der Waals surface area contributed by atoms with Gasteiger partial charge < -0.3 is 4.90 Å². The summed E-state index contributed by atoms with van der Waals surface area (Å²) in [5.74, 6) is 0.605. The molecule has 1 fully saturated rings. The minimum atomic E-state index is 0.0353. The number of carbonyl (C=O) groups is 1. The lowest BCUT2D eigenvalue weighted by atomic mass is 10.1. The Balaban J connectivity index is 2.28. The topological polar surface area (TPSA) is 20.3 Å². The molecule has 0 aliphatic carbocycles. The van der Waals surface area contributed by atoms with Gasteiger partial charge in [-0.2, -0.15) is 0 Å². The minimum absolute atomic E-state index is 0.0353. The summed E-state index contributed by atoms with van der Waals surface area (Å²) in [7, 11) is 0. The van der Waals surface area contributed by atoms with E-state index in [1.165, 1.54) is 0 Å². The zero-order valence-electron chi connectivity index (χ0n) is 9.91. The molecule has 0 aromatic heterocycles. The first kappa shape index (κ1) is 12.9. The summed E-state index contributed by atoms with van der Waals surface area (Å²) in [6.07, 6.45) is 1.07. The molecule has 2 atom stereocenters. The van der Waals surface area contributed by atoms with Gasteiger partial charge in [0.05, 0.1) is 10.6 Å². The highest BCUT2D eigenvalue weighted by molar-refractivity contribution is 9.10. The summed E-state index contributed by atoms with van der Waals surface area (Å²) in [5.41, 5.74) is 0.585. The van der Waals surface area contributed by atoms with E-state index in [9.17, 15) is 4.79 Å². The van der Waals surface area contributed by atoms with E-state index in [0.29, 0.717) is 22.5 Å². The van der Waals surface area contributed by atoms with E-state index < -0.39 is 0 Å². The van der Waals surface area contributed by atoms with Crippen LogP contribution in [0.1, 0.15) is 30.6 Å². The minimum Gasteiger partial charge on any atom is -0.336 e. The molecule has 0 bridgehead atoms. The van der Waals surface area contributed by atoms with Crippen LogP contribution >= 0.6 is 27.5 Å². The average molecular weight is 317 g/mol. The lowest BCUT2D eigenvalue weighted by Crippen LogP contribution is -2.34. The Morgan fingerprint density at radius 3 is 2.76 bits per heavy atom. The Hall–Kier alpha value is -0.540. The molecule has 1 aliphatic rings. The van der Waals surface area contributed by atoms with Gasteiger partial charge in [-0.05, 0) is 37.5 Å². The Morgan fingerprint density at radius 2 is 2.18 bits per heavy atom. The van der Waals surface area contributed by atoms with Crippen molar-refractivity contribution in [2.75, 3.05) is 6.54 Å². The molecular weight excluding hydrogens is 302 g/mol. The highest BCUT2D eigenvalue weighted by Crippen LogP contribution is 2.28. The number of nitrogens with zero attached hydrogens (tertiary/aromatic N) is 1. The van der Waals surface area contributed by atoms with Gasteiger partial charge in [0.25, 0.3) is 5.91 Å². The van der Waals surface area contributed by atoms with Crippen LogP contribution in [0.5, 0.6) is 0 Å². The SMILES string of the molecule is CC1CC(C)N(C(=O)c2cc(Br)ccc2Cl)C1. The molecule has 2 nitrogen and oxygen atoms in total. The Bertz CT molecular complexity index is 449. The monoisotopic (exact) mass is 315 g/mol. The molecule has 0 spiro atoms. The van der Waals surface area contributed by atoms with Gasteiger partial charge in [-0.15, -0.1) is 0 Å². The van der Waals surface area contributed by atoms with Gasteiger partial charge in [-0.1, -0.05) is 34.5 Å². The molecule has 2 rings (SSSR count). The number of benzene rings is 1. The van der Waals surface area contributed by atoms with Crippen molar-refractivity contribution in [3.63, 3.8) is 0 Å². The standard InChI is InChI=1S/C13H15BrClNO/c1-8-5-9(2)16(7-8)13(17)11-6-10(14)3-4-12(11)15/h3-4,6,8-9H,5,7H2,1-2H3. The molecule has 17 heavy (non-hydrogen) atoms. The predicted octanol–water partition coefficient (Wildman–Crippen LogP) is 3.97. The van der Waals surface area contributed by atoms with E-state index in [2.05, 4.69) is 29.8 Å². The second-order valence-corrected chi connectivity index (χ2v) is 6.09. The van der Waals surface area contributed by atoms with Crippen LogP contribution in [-0.4, -0.2) is 23.4 Å². The second-order valence-electron chi connectivity index (χ2n) is 4.77. The predicted molar refractivity (Wildman–Crippen MR) is 73.4 cm³/mol. The fourth-order valence-electron chi connectivity index (χ4n) is 2.40. The molecule has 2 unspecified atom stereocenters. The van der Waals surface area contributed by atoms with E-state index in [4.69, 9.17) is 11.6 Å². The number of amides is 1. The van der Waals surface area contributed by atoms with Gasteiger partial charge in [0.15, 0.2) is 0 Å². The third kappa shape index (κ3) is 2.66. The van der Waals surface area contributed by atoms with E-state index in [1.54, 1.807) is 12.1 Å². The van der Waals surface area contributed by atoms with Gasteiger partial charge in [0.1, 0.15) is 0 Å². The van der Waals surface area contributed by atoms with Crippen LogP contribution < -0.4 is 0 Å². The number of hydrogen-bond donors (Lipinski definition) is 0. The molecule has 1 saturated heterocycles. The van der Waals surface area contributed by atoms with Crippen molar-refractivity contribution in [1.29, 1.82) is 0 Å². The van der Waals surface area contributed by atoms with E-state index >= 15 is 0 Å². The fourth-order valence-corrected chi connectivity index (χ4v) is 2.96. The highest BCUT2D eigenvalue weighted by atomic mass is 79.9.